The molecule has 1 saturated heterocycles. The minimum absolute atomic E-state index is 0.0233. The second kappa shape index (κ2) is 9.17. The molecule has 1 fully saturated rings. The van der Waals surface area contributed by atoms with Gasteiger partial charge in [0.25, 0.3) is 5.91 Å². The Labute approximate surface area is 179 Å². The SMILES string of the molecule is CCC1(c2ccccc2)C(=O)N([Si](CC)(CC)CC)C(=O)N1[Si](CC)(CC)CC. The number of carbonyl (C=O) groups is 2. The van der Waals surface area contributed by atoms with E-state index in [1.165, 1.54) is 0 Å². The number of hydrogen-bond donors (Lipinski definition) is 0. The van der Waals surface area contributed by atoms with Crippen LogP contribution in [-0.4, -0.2) is 37.5 Å². The molecule has 0 saturated carbocycles. The van der Waals surface area contributed by atoms with Gasteiger partial charge in [-0.1, -0.05) is 78.8 Å². The molecule has 0 radical (unpaired) electrons. The van der Waals surface area contributed by atoms with Crippen LogP contribution in [0.15, 0.2) is 30.3 Å². The van der Waals surface area contributed by atoms with Gasteiger partial charge in [0.15, 0.2) is 16.5 Å². The van der Waals surface area contributed by atoms with Crippen LogP contribution in [0.3, 0.4) is 0 Å². The lowest BCUT2D eigenvalue weighted by Crippen LogP contribution is -2.62. The van der Waals surface area contributed by atoms with E-state index in [0.29, 0.717) is 6.42 Å². The Morgan fingerprint density at radius 3 is 1.55 bits per heavy atom. The Bertz CT molecular complexity index is 700. The third kappa shape index (κ3) is 3.32. The second-order valence-electron chi connectivity index (χ2n) is 8.41. The van der Waals surface area contributed by atoms with Gasteiger partial charge in [0.05, 0.1) is 0 Å². The molecule has 1 atom stereocenters. The Morgan fingerprint density at radius 2 is 1.17 bits per heavy atom. The zero-order valence-corrected chi connectivity index (χ0v) is 21.5. The van der Waals surface area contributed by atoms with E-state index in [9.17, 15) is 9.59 Å². The molecule has 6 heteroatoms. The molecule has 0 aliphatic carbocycles. The molecule has 0 spiro atoms. The molecular weight excluding hydrogens is 392 g/mol. The summed E-state index contributed by atoms with van der Waals surface area (Å²) in [4.78, 5) is 28.5. The summed E-state index contributed by atoms with van der Waals surface area (Å²) in [6.07, 6.45) is 0.633. The van der Waals surface area contributed by atoms with Gasteiger partial charge >= 0.3 is 6.03 Å². The summed E-state index contributed by atoms with van der Waals surface area (Å²) >= 11 is 0. The third-order valence-corrected chi connectivity index (χ3v) is 18.7. The van der Waals surface area contributed by atoms with Crippen molar-refractivity contribution < 1.29 is 9.59 Å². The molecule has 0 aromatic heterocycles. The highest BCUT2D eigenvalue weighted by molar-refractivity contribution is 6.85. The van der Waals surface area contributed by atoms with E-state index in [1.54, 1.807) is 0 Å². The lowest BCUT2D eigenvalue weighted by molar-refractivity contribution is -0.130. The van der Waals surface area contributed by atoms with Crippen LogP contribution in [0.2, 0.25) is 36.3 Å². The fourth-order valence-corrected chi connectivity index (χ4v) is 13.4. The predicted octanol–water partition coefficient (Wildman–Crippen LogP) is 6.57. The van der Waals surface area contributed by atoms with Crippen molar-refractivity contribution in [3.63, 3.8) is 0 Å². The van der Waals surface area contributed by atoms with Gasteiger partial charge in [0.1, 0.15) is 5.54 Å². The van der Waals surface area contributed by atoms with Crippen LogP contribution in [-0.2, 0) is 10.3 Å². The molecule has 1 aromatic carbocycles. The van der Waals surface area contributed by atoms with Crippen LogP contribution < -0.4 is 0 Å². The van der Waals surface area contributed by atoms with E-state index in [2.05, 4.69) is 65.2 Å². The van der Waals surface area contributed by atoms with E-state index < -0.39 is 22.0 Å². The van der Waals surface area contributed by atoms with E-state index in [0.717, 1.165) is 41.8 Å². The lowest BCUT2D eigenvalue weighted by Gasteiger charge is -2.47. The topological polar surface area (TPSA) is 40.6 Å². The van der Waals surface area contributed by atoms with Crippen molar-refractivity contribution >= 4 is 28.4 Å². The molecule has 1 aliphatic heterocycles. The maximum atomic E-state index is 14.3. The van der Waals surface area contributed by atoms with Crippen molar-refractivity contribution in [3.05, 3.63) is 35.9 Å². The van der Waals surface area contributed by atoms with Crippen LogP contribution in [0, 0.1) is 0 Å². The number of amides is 3. The second-order valence-corrected chi connectivity index (χ2v) is 18.4. The molecule has 1 heterocycles. The van der Waals surface area contributed by atoms with Crippen molar-refractivity contribution in [2.75, 3.05) is 0 Å². The Morgan fingerprint density at radius 1 is 0.724 bits per heavy atom. The summed E-state index contributed by atoms with van der Waals surface area (Å²) < 4.78 is 3.99. The summed E-state index contributed by atoms with van der Waals surface area (Å²) in [6.45, 7) is 15.2. The molecule has 162 valence electrons. The number of imide groups is 1. The summed E-state index contributed by atoms with van der Waals surface area (Å²) in [6, 6.07) is 15.9. The van der Waals surface area contributed by atoms with Crippen molar-refractivity contribution in [1.82, 2.24) is 9.13 Å². The van der Waals surface area contributed by atoms with E-state index in [4.69, 9.17) is 0 Å². The Kier molecular flexibility index (Phi) is 7.54. The van der Waals surface area contributed by atoms with Gasteiger partial charge in [-0.05, 0) is 48.2 Å². The summed E-state index contributed by atoms with van der Waals surface area (Å²) in [5.74, 6) is 0.0561. The molecule has 2 rings (SSSR count). The number of benzene rings is 1. The minimum Gasteiger partial charge on any atom is -0.334 e. The highest BCUT2D eigenvalue weighted by atomic mass is 28.3. The maximum absolute atomic E-state index is 14.3. The minimum atomic E-state index is -2.19. The van der Waals surface area contributed by atoms with Gasteiger partial charge in [-0.2, -0.15) is 0 Å². The maximum Gasteiger partial charge on any atom is 0.311 e. The molecule has 29 heavy (non-hydrogen) atoms. The highest BCUT2D eigenvalue weighted by Crippen LogP contribution is 2.49. The van der Waals surface area contributed by atoms with E-state index in [-0.39, 0.29) is 11.9 Å². The van der Waals surface area contributed by atoms with Crippen molar-refractivity contribution in [2.45, 2.75) is 96.7 Å². The van der Waals surface area contributed by atoms with Gasteiger partial charge in [0.2, 0.25) is 0 Å². The van der Waals surface area contributed by atoms with Gasteiger partial charge in [-0.15, -0.1) is 0 Å². The average Bonchev–Trinajstić information content (AvgIpc) is 3.01. The number of nitrogens with zero attached hydrogens (tertiary/aromatic N) is 2. The first-order chi connectivity index (χ1) is 13.8. The zero-order chi connectivity index (χ0) is 21.9. The first-order valence-corrected chi connectivity index (χ1v) is 16.7. The van der Waals surface area contributed by atoms with E-state index in [1.807, 2.05) is 22.8 Å². The Balaban J connectivity index is 2.87. The van der Waals surface area contributed by atoms with Gasteiger partial charge in [-0.3, -0.25) is 9.36 Å². The summed E-state index contributed by atoms with van der Waals surface area (Å²) in [5.41, 5.74) is 0.145. The first-order valence-electron chi connectivity index (χ1n) is 11.6. The lowest BCUT2D eigenvalue weighted by atomic mass is 9.87. The average molecular weight is 433 g/mol. The molecule has 1 unspecified atom stereocenters. The standard InChI is InChI=1S/C23H40N2O2Si2/c1-8-23(20-18-16-15-17-19-20)21(26)24(28(9-2,10-3)11-4)22(27)25(23)29(12-5,13-6)14-7/h15-19H,8-14H2,1-7H3. The molecule has 3 amide bonds. The first kappa shape index (κ1) is 23.9. The smallest absolute Gasteiger partial charge is 0.311 e. The largest absolute Gasteiger partial charge is 0.334 e. The fraction of sp³-hybridized carbons (Fsp3) is 0.652. The van der Waals surface area contributed by atoms with Crippen LogP contribution in [0.25, 0.3) is 0 Å². The van der Waals surface area contributed by atoms with Crippen molar-refractivity contribution in [1.29, 1.82) is 0 Å². The van der Waals surface area contributed by atoms with Crippen LogP contribution >= 0.6 is 0 Å². The molecule has 0 N–H and O–H groups in total. The van der Waals surface area contributed by atoms with Crippen LogP contribution in [0.1, 0.15) is 60.5 Å². The number of hydrogen-bond acceptors (Lipinski definition) is 2. The highest BCUT2D eigenvalue weighted by Gasteiger charge is 2.65. The molecule has 1 aromatic rings. The number of carbonyl (C=O) groups excluding carboxylic acids is 2. The molecular formula is C23H40N2O2Si2. The molecule has 4 nitrogen and oxygen atoms in total. The van der Waals surface area contributed by atoms with Crippen molar-refractivity contribution in [3.8, 4) is 0 Å². The summed E-state index contributed by atoms with van der Waals surface area (Å²) in [7, 11) is -4.34. The number of urea groups is 1. The van der Waals surface area contributed by atoms with Crippen LogP contribution in [0.4, 0.5) is 4.79 Å². The third-order valence-electron chi connectivity index (χ3n) is 7.98. The normalized spacial score (nSPS) is 20.7. The van der Waals surface area contributed by atoms with Crippen molar-refractivity contribution in [2.24, 2.45) is 0 Å². The Hall–Kier alpha value is -1.41. The van der Waals surface area contributed by atoms with E-state index >= 15 is 0 Å². The van der Waals surface area contributed by atoms with Gasteiger partial charge in [0, 0.05) is 0 Å². The van der Waals surface area contributed by atoms with Gasteiger partial charge < -0.3 is 4.57 Å². The zero-order valence-electron chi connectivity index (χ0n) is 19.5. The quantitative estimate of drug-likeness (QED) is 0.310. The van der Waals surface area contributed by atoms with Gasteiger partial charge in [-0.25, -0.2) is 4.79 Å². The van der Waals surface area contributed by atoms with Crippen LogP contribution in [0.5, 0.6) is 0 Å². The summed E-state index contributed by atoms with van der Waals surface area (Å²) in [5, 5.41) is 0. The monoisotopic (exact) mass is 432 g/mol. The molecule has 0 bridgehead atoms. The molecule has 1 aliphatic rings. The fourth-order valence-electron chi connectivity index (χ4n) is 5.59. The predicted molar refractivity (Wildman–Crippen MR) is 127 cm³/mol. The number of rotatable bonds is 10.